The number of hydrogen-bond donors (Lipinski definition) is 2. The number of methoxy groups -OCH3 is 1. The molecule has 1 aromatic carbocycles. The lowest BCUT2D eigenvalue weighted by atomic mass is 10.0. The van der Waals surface area contributed by atoms with Gasteiger partial charge in [0.15, 0.2) is 0 Å². The first kappa shape index (κ1) is 15.5. The molecule has 2 unspecified atom stereocenters. The van der Waals surface area contributed by atoms with E-state index in [1.807, 2.05) is 18.2 Å². The molecule has 0 aliphatic rings. The van der Waals surface area contributed by atoms with Gasteiger partial charge in [0.25, 0.3) is 0 Å². The van der Waals surface area contributed by atoms with Crippen LogP contribution in [0.3, 0.4) is 0 Å². The summed E-state index contributed by atoms with van der Waals surface area (Å²) in [6.07, 6.45) is 1.52. The van der Waals surface area contributed by atoms with Gasteiger partial charge in [-0.2, -0.15) is 0 Å². The van der Waals surface area contributed by atoms with E-state index in [9.17, 15) is 0 Å². The highest BCUT2D eigenvalue weighted by atomic mass is 16.5. The Morgan fingerprint density at radius 2 is 1.95 bits per heavy atom. The quantitative estimate of drug-likeness (QED) is 0.586. The summed E-state index contributed by atoms with van der Waals surface area (Å²) in [4.78, 5) is 2.26. The monoisotopic (exact) mass is 263 g/mol. The van der Waals surface area contributed by atoms with Crippen LogP contribution < -0.4 is 10.5 Å². The second-order valence-corrected chi connectivity index (χ2v) is 5.11. The zero-order chi connectivity index (χ0) is 14.4. The molecular weight excluding hydrogens is 238 g/mol. The van der Waals surface area contributed by atoms with Gasteiger partial charge in [0.2, 0.25) is 0 Å². The lowest BCUT2D eigenvalue weighted by Crippen LogP contribution is -2.40. The molecule has 2 atom stereocenters. The van der Waals surface area contributed by atoms with Crippen molar-refractivity contribution in [1.29, 1.82) is 5.41 Å². The molecule has 3 N–H and O–H groups in total. The summed E-state index contributed by atoms with van der Waals surface area (Å²) >= 11 is 0. The molecule has 0 radical (unpaired) electrons. The van der Waals surface area contributed by atoms with Crippen molar-refractivity contribution in [3.63, 3.8) is 0 Å². The Kier molecular flexibility index (Phi) is 5.83. The van der Waals surface area contributed by atoms with Gasteiger partial charge in [0, 0.05) is 18.5 Å². The Morgan fingerprint density at radius 3 is 2.53 bits per heavy atom. The fourth-order valence-corrected chi connectivity index (χ4v) is 2.23. The normalized spacial score (nSPS) is 14.2. The van der Waals surface area contributed by atoms with Crippen LogP contribution in [0.25, 0.3) is 0 Å². The van der Waals surface area contributed by atoms with Crippen molar-refractivity contribution in [3.8, 4) is 5.75 Å². The fraction of sp³-hybridized carbons (Fsp3) is 0.533. The highest BCUT2D eigenvalue weighted by Gasteiger charge is 2.18. The number of ether oxygens (including phenoxy) is 1. The van der Waals surface area contributed by atoms with Crippen molar-refractivity contribution in [3.05, 3.63) is 29.8 Å². The minimum atomic E-state index is 0.240. The number of nitrogens with zero attached hydrogens (tertiary/aromatic N) is 1. The molecular formula is C15H25N3O. The number of rotatable bonds is 7. The molecule has 0 bridgehead atoms. The third kappa shape index (κ3) is 4.56. The zero-order valence-electron chi connectivity index (χ0n) is 12.3. The maximum Gasteiger partial charge on any atom is 0.122 e. The molecule has 0 aliphatic carbocycles. The predicted octanol–water partition coefficient (Wildman–Crippen LogP) is 2.27. The van der Waals surface area contributed by atoms with Crippen molar-refractivity contribution in [2.45, 2.75) is 38.8 Å². The Hall–Kier alpha value is -1.55. The van der Waals surface area contributed by atoms with Crippen molar-refractivity contribution < 1.29 is 4.74 Å². The highest BCUT2D eigenvalue weighted by Crippen LogP contribution is 2.21. The number of benzene rings is 1. The summed E-state index contributed by atoms with van der Waals surface area (Å²) in [7, 11) is 3.78. The molecule has 19 heavy (non-hydrogen) atoms. The maximum atomic E-state index is 7.38. The van der Waals surface area contributed by atoms with Crippen molar-refractivity contribution >= 4 is 5.84 Å². The van der Waals surface area contributed by atoms with E-state index in [-0.39, 0.29) is 11.9 Å². The van der Waals surface area contributed by atoms with E-state index in [0.29, 0.717) is 12.5 Å². The summed E-state index contributed by atoms with van der Waals surface area (Å²) < 4.78 is 5.38. The van der Waals surface area contributed by atoms with Gasteiger partial charge in [-0.25, -0.2) is 0 Å². The van der Waals surface area contributed by atoms with Gasteiger partial charge in [-0.3, -0.25) is 5.41 Å². The molecule has 4 nitrogen and oxygen atoms in total. The average Bonchev–Trinajstić information content (AvgIpc) is 2.37. The predicted molar refractivity (Wildman–Crippen MR) is 79.9 cm³/mol. The number of hydrogen-bond acceptors (Lipinski definition) is 3. The molecule has 0 spiro atoms. The maximum absolute atomic E-state index is 7.38. The van der Waals surface area contributed by atoms with Crippen LogP contribution in [0.1, 0.15) is 25.8 Å². The van der Waals surface area contributed by atoms with Crippen LogP contribution in [0.4, 0.5) is 0 Å². The van der Waals surface area contributed by atoms with E-state index >= 15 is 0 Å². The lowest BCUT2D eigenvalue weighted by Gasteiger charge is -2.31. The van der Waals surface area contributed by atoms with Crippen LogP contribution in [0, 0.1) is 5.41 Å². The van der Waals surface area contributed by atoms with Crippen LogP contribution in [-0.4, -0.2) is 37.0 Å². The molecule has 0 aromatic heterocycles. The van der Waals surface area contributed by atoms with Gasteiger partial charge >= 0.3 is 0 Å². The first-order valence-corrected chi connectivity index (χ1v) is 6.62. The second kappa shape index (κ2) is 7.14. The van der Waals surface area contributed by atoms with Crippen molar-refractivity contribution in [2.75, 3.05) is 14.2 Å². The molecule has 4 heteroatoms. The number of amidine groups is 1. The fourth-order valence-electron chi connectivity index (χ4n) is 2.23. The van der Waals surface area contributed by atoms with E-state index in [1.165, 1.54) is 5.56 Å². The Morgan fingerprint density at radius 1 is 1.32 bits per heavy atom. The summed E-state index contributed by atoms with van der Waals surface area (Å²) in [5, 5.41) is 7.38. The SMILES string of the molecule is COc1ccccc1CC(C)N(C)C(C)CC(=N)N. The number of para-hydroxylation sites is 1. The number of nitrogens with two attached hydrogens (primary N) is 1. The summed E-state index contributed by atoms with van der Waals surface area (Å²) in [6.45, 7) is 4.28. The number of likely N-dealkylation sites (N-methyl/N-ethyl adjacent to an activating group) is 1. The van der Waals surface area contributed by atoms with E-state index in [0.717, 1.165) is 12.2 Å². The highest BCUT2D eigenvalue weighted by molar-refractivity contribution is 5.77. The molecule has 0 amide bonds. The largest absolute Gasteiger partial charge is 0.496 e. The smallest absolute Gasteiger partial charge is 0.122 e. The minimum Gasteiger partial charge on any atom is -0.496 e. The minimum absolute atomic E-state index is 0.240. The first-order valence-electron chi connectivity index (χ1n) is 6.62. The summed E-state index contributed by atoms with van der Waals surface area (Å²) in [5.41, 5.74) is 6.67. The number of nitrogens with one attached hydrogen (secondary N) is 1. The van der Waals surface area contributed by atoms with E-state index < -0.39 is 0 Å². The van der Waals surface area contributed by atoms with Crippen LogP contribution in [0.2, 0.25) is 0 Å². The third-order valence-corrected chi connectivity index (χ3v) is 3.61. The molecule has 0 saturated carbocycles. The summed E-state index contributed by atoms with van der Waals surface area (Å²) in [6, 6.07) is 8.73. The van der Waals surface area contributed by atoms with Crippen molar-refractivity contribution in [1.82, 2.24) is 4.90 Å². The average molecular weight is 263 g/mol. The van der Waals surface area contributed by atoms with Gasteiger partial charge in [-0.05, 0) is 38.9 Å². The Bertz CT molecular complexity index is 420. The Labute approximate surface area is 116 Å². The van der Waals surface area contributed by atoms with E-state index in [4.69, 9.17) is 15.9 Å². The lowest BCUT2D eigenvalue weighted by molar-refractivity contribution is 0.197. The second-order valence-electron chi connectivity index (χ2n) is 5.11. The molecule has 0 fully saturated rings. The molecule has 1 aromatic rings. The van der Waals surface area contributed by atoms with Gasteiger partial charge in [-0.1, -0.05) is 18.2 Å². The van der Waals surface area contributed by atoms with E-state index in [1.54, 1.807) is 7.11 Å². The van der Waals surface area contributed by atoms with Crippen LogP contribution in [0.15, 0.2) is 24.3 Å². The van der Waals surface area contributed by atoms with Gasteiger partial charge in [0.05, 0.1) is 12.9 Å². The molecule has 0 saturated heterocycles. The topological polar surface area (TPSA) is 62.3 Å². The van der Waals surface area contributed by atoms with Gasteiger partial charge in [0.1, 0.15) is 5.75 Å². The standard InChI is InChI=1S/C15H25N3O/c1-11(18(3)12(2)10-15(16)17)9-13-7-5-6-8-14(13)19-4/h5-8,11-12H,9-10H2,1-4H3,(H3,16,17). The molecule has 0 heterocycles. The molecule has 106 valence electrons. The van der Waals surface area contributed by atoms with Gasteiger partial charge < -0.3 is 15.4 Å². The van der Waals surface area contributed by atoms with E-state index in [2.05, 4.69) is 31.9 Å². The van der Waals surface area contributed by atoms with Crippen LogP contribution in [-0.2, 0) is 6.42 Å². The van der Waals surface area contributed by atoms with Gasteiger partial charge in [-0.15, -0.1) is 0 Å². The van der Waals surface area contributed by atoms with Crippen LogP contribution in [0.5, 0.6) is 5.75 Å². The Balaban J connectivity index is 2.68. The summed E-state index contributed by atoms with van der Waals surface area (Å²) in [5.74, 6) is 1.17. The molecule has 0 aliphatic heterocycles. The van der Waals surface area contributed by atoms with Crippen molar-refractivity contribution in [2.24, 2.45) is 5.73 Å². The van der Waals surface area contributed by atoms with Crippen LogP contribution >= 0.6 is 0 Å². The molecule has 1 rings (SSSR count). The third-order valence-electron chi connectivity index (χ3n) is 3.61. The first-order chi connectivity index (χ1) is 8.95. The zero-order valence-corrected chi connectivity index (χ0v) is 12.3.